The summed E-state index contributed by atoms with van der Waals surface area (Å²) in [7, 11) is 0. The first kappa shape index (κ1) is 18.3. The van der Waals surface area contributed by atoms with E-state index in [9.17, 15) is 4.39 Å². The Bertz CT molecular complexity index is 834. The first-order chi connectivity index (χ1) is 12.7. The summed E-state index contributed by atoms with van der Waals surface area (Å²) in [6.45, 7) is 2.25. The molecular formula is C25H25F. The van der Waals surface area contributed by atoms with Crippen LogP contribution in [-0.2, 0) is 0 Å². The molecule has 2 aromatic carbocycles. The van der Waals surface area contributed by atoms with Crippen molar-refractivity contribution in [2.75, 3.05) is 0 Å². The summed E-state index contributed by atoms with van der Waals surface area (Å²) in [6, 6.07) is 13.0. The molecule has 1 aliphatic rings. The van der Waals surface area contributed by atoms with E-state index in [2.05, 4.69) is 30.8 Å². The highest BCUT2D eigenvalue weighted by molar-refractivity contribution is 5.46. The topological polar surface area (TPSA) is 0 Å². The zero-order valence-electron chi connectivity index (χ0n) is 15.4. The van der Waals surface area contributed by atoms with Gasteiger partial charge in [-0.25, -0.2) is 4.39 Å². The molecule has 26 heavy (non-hydrogen) atoms. The molecule has 0 saturated heterocycles. The molecule has 0 bridgehead atoms. The largest absolute Gasteiger partial charge is 0.206 e. The molecule has 0 aromatic heterocycles. The SMILES string of the molecule is C#Cc1ccc(C#Cc2ccc(C3CCC(CCC)CC3)cc2F)cc1. The van der Waals surface area contributed by atoms with Crippen molar-refractivity contribution in [3.63, 3.8) is 0 Å². The van der Waals surface area contributed by atoms with Crippen LogP contribution >= 0.6 is 0 Å². The van der Waals surface area contributed by atoms with Gasteiger partial charge in [-0.05, 0) is 79.5 Å². The molecule has 1 fully saturated rings. The fourth-order valence-corrected chi connectivity index (χ4v) is 3.87. The first-order valence-corrected chi connectivity index (χ1v) is 9.57. The highest BCUT2D eigenvalue weighted by Crippen LogP contribution is 2.37. The third kappa shape index (κ3) is 4.56. The van der Waals surface area contributed by atoms with Crippen LogP contribution in [0.25, 0.3) is 0 Å². The van der Waals surface area contributed by atoms with Crippen molar-refractivity contribution in [3.05, 3.63) is 70.5 Å². The van der Waals surface area contributed by atoms with E-state index in [4.69, 9.17) is 6.42 Å². The molecule has 2 aromatic rings. The number of rotatable bonds is 3. The number of hydrogen-bond acceptors (Lipinski definition) is 0. The maximum Gasteiger partial charge on any atom is 0.139 e. The van der Waals surface area contributed by atoms with Gasteiger partial charge in [0.2, 0.25) is 0 Å². The minimum atomic E-state index is -0.217. The van der Waals surface area contributed by atoms with E-state index in [-0.39, 0.29) is 5.82 Å². The molecule has 0 heterocycles. The highest BCUT2D eigenvalue weighted by Gasteiger charge is 2.22. The molecule has 0 amide bonds. The summed E-state index contributed by atoms with van der Waals surface area (Å²) in [5.41, 5.74) is 3.23. The Balaban J connectivity index is 1.68. The lowest BCUT2D eigenvalue weighted by molar-refractivity contribution is 0.308. The van der Waals surface area contributed by atoms with Gasteiger partial charge in [-0.2, -0.15) is 0 Å². The van der Waals surface area contributed by atoms with Gasteiger partial charge in [0, 0.05) is 11.1 Å². The summed E-state index contributed by atoms with van der Waals surface area (Å²) in [5, 5.41) is 0. The molecule has 1 heteroatoms. The standard InChI is InChI=1S/C25H25F/c1-3-5-20-10-13-22(14-11-20)24-17-16-23(25(26)18-24)15-12-21-8-6-19(4-2)7-9-21/h2,6-9,16-18,20,22H,3,5,10-11,13-14H2,1H3. The summed E-state index contributed by atoms with van der Waals surface area (Å²) in [4.78, 5) is 0. The van der Waals surface area contributed by atoms with Gasteiger partial charge in [0.1, 0.15) is 5.82 Å². The zero-order valence-corrected chi connectivity index (χ0v) is 15.4. The second-order valence-corrected chi connectivity index (χ2v) is 7.22. The quantitative estimate of drug-likeness (QED) is 0.575. The van der Waals surface area contributed by atoms with Crippen molar-refractivity contribution in [1.29, 1.82) is 0 Å². The average Bonchev–Trinajstić information content (AvgIpc) is 2.68. The fraction of sp³-hybridized carbons (Fsp3) is 0.360. The number of halogens is 1. The van der Waals surface area contributed by atoms with Crippen LogP contribution in [0.15, 0.2) is 42.5 Å². The second-order valence-electron chi connectivity index (χ2n) is 7.22. The van der Waals surface area contributed by atoms with E-state index in [1.165, 1.54) is 38.5 Å². The lowest BCUT2D eigenvalue weighted by Gasteiger charge is -2.28. The zero-order chi connectivity index (χ0) is 18.4. The maximum atomic E-state index is 14.5. The minimum Gasteiger partial charge on any atom is -0.206 e. The minimum absolute atomic E-state index is 0.217. The van der Waals surface area contributed by atoms with Gasteiger partial charge >= 0.3 is 0 Å². The van der Waals surface area contributed by atoms with Crippen LogP contribution < -0.4 is 0 Å². The second kappa shape index (κ2) is 8.73. The number of terminal acetylenes is 1. The van der Waals surface area contributed by atoms with Crippen LogP contribution in [0.3, 0.4) is 0 Å². The van der Waals surface area contributed by atoms with Gasteiger partial charge in [0.15, 0.2) is 0 Å². The van der Waals surface area contributed by atoms with Crippen LogP contribution in [0.2, 0.25) is 0 Å². The van der Waals surface area contributed by atoms with Crippen molar-refractivity contribution in [2.24, 2.45) is 5.92 Å². The fourth-order valence-electron chi connectivity index (χ4n) is 3.87. The van der Waals surface area contributed by atoms with E-state index in [0.717, 1.165) is 22.6 Å². The first-order valence-electron chi connectivity index (χ1n) is 9.57. The van der Waals surface area contributed by atoms with Gasteiger partial charge in [-0.1, -0.05) is 43.6 Å². The van der Waals surface area contributed by atoms with Crippen molar-refractivity contribution in [2.45, 2.75) is 51.4 Å². The molecule has 0 nitrogen and oxygen atoms in total. The van der Waals surface area contributed by atoms with E-state index in [0.29, 0.717) is 11.5 Å². The average molecular weight is 344 g/mol. The van der Waals surface area contributed by atoms with E-state index in [1.807, 2.05) is 30.3 Å². The van der Waals surface area contributed by atoms with Crippen LogP contribution in [0.1, 0.15) is 73.6 Å². The Morgan fingerprint density at radius 1 is 0.962 bits per heavy atom. The van der Waals surface area contributed by atoms with Crippen molar-refractivity contribution in [1.82, 2.24) is 0 Å². The molecule has 1 aliphatic carbocycles. The van der Waals surface area contributed by atoms with E-state index in [1.54, 1.807) is 6.07 Å². The third-order valence-corrected chi connectivity index (χ3v) is 5.40. The number of benzene rings is 2. The van der Waals surface area contributed by atoms with Gasteiger partial charge < -0.3 is 0 Å². The van der Waals surface area contributed by atoms with Crippen LogP contribution in [0.4, 0.5) is 4.39 Å². The number of hydrogen-bond donors (Lipinski definition) is 0. The van der Waals surface area contributed by atoms with Crippen LogP contribution in [0, 0.1) is 35.9 Å². The predicted octanol–water partition coefficient (Wildman–Crippen LogP) is 6.28. The summed E-state index contributed by atoms with van der Waals surface area (Å²) >= 11 is 0. The van der Waals surface area contributed by atoms with Crippen LogP contribution in [-0.4, -0.2) is 0 Å². The normalized spacial score (nSPS) is 19.3. The highest BCUT2D eigenvalue weighted by atomic mass is 19.1. The smallest absolute Gasteiger partial charge is 0.139 e. The maximum absolute atomic E-state index is 14.5. The summed E-state index contributed by atoms with van der Waals surface area (Å²) in [5.74, 6) is 9.68. The Labute approximate surface area is 156 Å². The van der Waals surface area contributed by atoms with E-state index >= 15 is 0 Å². The van der Waals surface area contributed by atoms with Gasteiger partial charge in [-0.15, -0.1) is 6.42 Å². The molecule has 1 saturated carbocycles. The molecule has 0 aliphatic heterocycles. The van der Waals surface area contributed by atoms with E-state index < -0.39 is 0 Å². The summed E-state index contributed by atoms with van der Waals surface area (Å²) in [6.07, 6.45) is 12.8. The monoisotopic (exact) mass is 344 g/mol. The molecule has 3 rings (SSSR count). The molecule has 0 atom stereocenters. The van der Waals surface area contributed by atoms with Crippen molar-refractivity contribution in [3.8, 4) is 24.2 Å². The Morgan fingerprint density at radius 2 is 1.65 bits per heavy atom. The van der Waals surface area contributed by atoms with Crippen LogP contribution in [0.5, 0.6) is 0 Å². The molecule has 132 valence electrons. The van der Waals surface area contributed by atoms with Gasteiger partial charge in [0.25, 0.3) is 0 Å². The lowest BCUT2D eigenvalue weighted by Crippen LogP contribution is -2.13. The Morgan fingerprint density at radius 3 is 2.27 bits per heavy atom. The predicted molar refractivity (Wildman–Crippen MR) is 106 cm³/mol. The van der Waals surface area contributed by atoms with Crippen molar-refractivity contribution < 1.29 is 4.39 Å². The molecule has 0 radical (unpaired) electrons. The Hall–Kier alpha value is -2.51. The lowest BCUT2D eigenvalue weighted by atomic mass is 9.77. The molecular weight excluding hydrogens is 319 g/mol. The van der Waals surface area contributed by atoms with Gasteiger partial charge in [0.05, 0.1) is 5.56 Å². The molecule has 0 N–H and O–H groups in total. The van der Waals surface area contributed by atoms with Crippen molar-refractivity contribution >= 4 is 0 Å². The molecule has 0 unspecified atom stereocenters. The Kier molecular flexibility index (Phi) is 6.14. The summed E-state index contributed by atoms with van der Waals surface area (Å²) < 4.78 is 14.5. The van der Waals surface area contributed by atoms with Gasteiger partial charge in [-0.3, -0.25) is 0 Å². The molecule has 0 spiro atoms. The third-order valence-electron chi connectivity index (χ3n) is 5.40.